The predicted molar refractivity (Wildman–Crippen MR) is 129 cm³/mol. The van der Waals surface area contributed by atoms with Crippen LogP contribution in [0.1, 0.15) is 102 Å². The maximum atomic E-state index is 10.8. The Bertz CT molecular complexity index is 834. The van der Waals surface area contributed by atoms with Gasteiger partial charge in [-0.1, -0.05) is 90.3 Å². The van der Waals surface area contributed by atoms with E-state index in [4.69, 9.17) is 5.11 Å². The zero-order valence-electron chi connectivity index (χ0n) is 19.8. The molecular weight excluding hydrogens is 368 g/mol. The molecule has 0 heterocycles. The fraction of sp³-hybridized carbons (Fsp3) is 0.536. The average Bonchev–Trinajstić information content (AvgIpc) is 2.66. The van der Waals surface area contributed by atoms with Crippen molar-refractivity contribution in [3.05, 3.63) is 64.3 Å². The first-order valence-corrected chi connectivity index (χ1v) is 11.5. The summed E-state index contributed by atoms with van der Waals surface area (Å²) in [5, 5.41) is 8.85. The van der Waals surface area contributed by atoms with Crippen molar-refractivity contribution in [3.63, 3.8) is 0 Å². The van der Waals surface area contributed by atoms with E-state index >= 15 is 0 Å². The van der Waals surface area contributed by atoms with Crippen molar-refractivity contribution in [1.82, 2.24) is 0 Å². The Morgan fingerprint density at radius 3 is 2.23 bits per heavy atom. The Morgan fingerprint density at radius 1 is 1.00 bits per heavy atom. The number of carboxylic acids is 1. The molecule has 0 saturated heterocycles. The predicted octanol–water partition coefficient (Wildman–Crippen LogP) is 7.76. The van der Waals surface area contributed by atoms with Crippen LogP contribution in [0.5, 0.6) is 0 Å². The molecule has 0 atom stereocenters. The van der Waals surface area contributed by atoms with Gasteiger partial charge in [0.15, 0.2) is 0 Å². The highest BCUT2D eigenvalue weighted by atomic mass is 16.4. The lowest BCUT2D eigenvalue weighted by Gasteiger charge is -2.42. The van der Waals surface area contributed by atoms with E-state index in [-0.39, 0.29) is 10.8 Å². The van der Waals surface area contributed by atoms with Gasteiger partial charge in [-0.2, -0.15) is 0 Å². The van der Waals surface area contributed by atoms with Crippen molar-refractivity contribution >= 4 is 12.0 Å². The highest BCUT2D eigenvalue weighted by molar-refractivity contribution is 5.81. The van der Waals surface area contributed by atoms with Crippen LogP contribution in [0.25, 0.3) is 6.08 Å². The molecule has 1 aliphatic rings. The zero-order valence-corrected chi connectivity index (χ0v) is 19.8. The quantitative estimate of drug-likeness (QED) is 0.257. The first-order valence-electron chi connectivity index (χ1n) is 11.5. The smallest absolute Gasteiger partial charge is 0.328 e. The van der Waals surface area contributed by atoms with E-state index in [1.54, 1.807) is 6.92 Å². The second-order valence-electron chi connectivity index (χ2n) is 10.1. The lowest BCUT2D eigenvalue weighted by Crippen LogP contribution is -2.34. The van der Waals surface area contributed by atoms with Crippen molar-refractivity contribution in [3.8, 4) is 0 Å². The summed E-state index contributed by atoms with van der Waals surface area (Å²) in [5.74, 6) is -0.907. The molecule has 0 aliphatic heterocycles. The van der Waals surface area contributed by atoms with Crippen LogP contribution < -0.4 is 0 Å². The highest BCUT2D eigenvalue weighted by Gasteiger charge is 2.37. The molecule has 0 spiro atoms. The summed E-state index contributed by atoms with van der Waals surface area (Å²) in [4.78, 5) is 10.8. The fourth-order valence-corrected chi connectivity index (χ4v) is 4.40. The van der Waals surface area contributed by atoms with Crippen LogP contribution in [0.4, 0.5) is 0 Å². The summed E-state index contributed by atoms with van der Waals surface area (Å²) < 4.78 is 0. The number of carboxylic acid groups (broad SMARTS) is 1. The number of fused-ring (bicyclic) bond motifs is 1. The number of rotatable bonds is 9. The first kappa shape index (κ1) is 24.2. The van der Waals surface area contributed by atoms with Gasteiger partial charge in [-0.05, 0) is 71.3 Å². The molecule has 1 aliphatic carbocycles. The van der Waals surface area contributed by atoms with E-state index in [1.165, 1.54) is 66.9 Å². The highest BCUT2D eigenvalue weighted by Crippen LogP contribution is 2.46. The van der Waals surface area contributed by atoms with Crippen LogP contribution in [-0.2, 0) is 22.0 Å². The molecule has 2 heteroatoms. The molecule has 0 saturated carbocycles. The van der Waals surface area contributed by atoms with E-state index in [0.29, 0.717) is 0 Å². The number of allylic oxidation sites excluding steroid dienone is 4. The molecule has 1 N–H and O–H groups in total. The number of aliphatic carboxylic acids is 1. The van der Waals surface area contributed by atoms with Gasteiger partial charge >= 0.3 is 5.97 Å². The van der Waals surface area contributed by atoms with Crippen LogP contribution in [0, 0.1) is 0 Å². The fourth-order valence-electron chi connectivity index (χ4n) is 4.40. The molecule has 0 bridgehead atoms. The average molecular weight is 409 g/mol. The van der Waals surface area contributed by atoms with Crippen LogP contribution in [0.2, 0.25) is 0 Å². The van der Waals surface area contributed by atoms with Crippen LogP contribution in [-0.4, -0.2) is 11.1 Å². The Hall–Kier alpha value is -2.09. The molecule has 1 aromatic rings. The summed E-state index contributed by atoms with van der Waals surface area (Å²) in [7, 11) is 0. The summed E-state index contributed by atoms with van der Waals surface area (Å²) in [5.41, 5.74) is 6.92. The van der Waals surface area contributed by atoms with Gasteiger partial charge in [0.05, 0.1) is 0 Å². The minimum atomic E-state index is -0.907. The summed E-state index contributed by atoms with van der Waals surface area (Å²) in [6.07, 6.45) is 17.9. The molecule has 0 unspecified atom stereocenters. The number of hydrogen-bond donors (Lipinski definition) is 1. The van der Waals surface area contributed by atoms with Crippen molar-refractivity contribution < 1.29 is 9.90 Å². The maximum absolute atomic E-state index is 10.8. The van der Waals surface area contributed by atoms with Gasteiger partial charge in [-0.15, -0.1) is 0 Å². The van der Waals surface area contributed by atoms with Crippen LogP contribution in [0.15, 0.2) is 42.0 Å². The number of carbonyl (C=O) groups is 1. The lowest BCUT2D eigenvalue weighted by molar-refractivity contribution is -0.131. The Labute approximate surface area is 183 Å². The van der Waals surface area contributed by atoms with Gasteiger partial charge in [-0.3, -0.25) is 0 Å². The Morgan fingerprint density at radius 2 is 1.63 bits per heavy atom. The van der Waals surface area contributed by atoms with E-state index in [0.717, 1.165) is 12.0 Å². The van der Waals surface area contributed by atoms with Gasteiger partial charge in [0.25, 0.3) is 0 Å². The normalized spacial score (nSPS) is 18.1. The topological polar surface area (TPSA) is 37.3 Å². The molecule has 164 valence electrons. The number of hydrogen-bond acceptors (Lipinski definition) is 1. The van der Waals surface area contributed by atoms with Gasteiger partial charge in [0, 0.05) is 6.08 Å². The van der Waals surface area contributed by atoms with Crippen LogP contribution >= 0.6 is 0 Å². The van der Waals surface area contributed by atoms with Gasteiger partial charge in [-0.25, -0.2) is 4.79 Å². The third-order valence-electron chi connectivity index (χ3n) is 6.51. The van der Waals surface area contributed by atoms with E-state index in [9.17, 15) is 4.79 Å². The lowest BCUT2D eigenvalue weighted by atomic mass is 9.62. The van der Waals surface area contributed by atoms with Crippen molar-refractivity contribution in [1.29, 1.82) is 0 Å². The van der Waals surface area contributed by atoms with E-state index < -0.39 is 5.97 Å². The SMILES string of the molecule is CCCCCCc1cc2c(cc1C=CC=CC(C)=CC(=O)O)C(C)(C)CCC2(C)C. The van der Waals surface area contributed by atoms with Crippen molar-refractivity contribution in [2.75, 3.05) is 0 Å². The molecule has 0 amide bonds. The summed E-state index contributed by atoms with van der Waals surface area (Å²) in [6.45, 7) is 13.6. The molecule has 0 radical (unpaired) electrons. The standard InChI is InChI=1S/C28H40O2/c1-7-8-9-10-14-22-19-24-25(28(5,6)17-16-27(24,3)4)20-23(22)15-12-11-13-21(2)18-26(29)30/h11-13,15,18-20H,7-10,14,16-17H2,1-6H3,(H,29,30). The van der Waals surface area contributed by atoms with Crippen molar-refractivity contribution in [2.24, 2.45) is 0 Å². The van der Waals surface area contributed by atoms with Gasteiger partial charge in [0.2, 0.25) is 0 Å². The first-order chi connectivity index (χ1) is 14.1. The Balaban J connectivity index is 2.39. The molecular formula is C28H40O2. The largest absolute Gasteiger partial charge is 0.478 e. The van der Waals surface area contributed by atoms with E-state index in [2.05, 4.69) is 52.8 Å². The van der Waals surface area contributed by atoms with Crippen LogP contribution in [0.3, 0.4) is 0 Å². The maximum Gasteiger partial charge on any atom is 0.328 e. The second-order valence-corrected chi connectivity index (χ2v) is 10.1. The van der Waals surface area contributed by atoms with Gasteiger partial charge in [0.1, 0.15) is 0 Å². The molecule has 1 aromatic carbocycles. The van der Waals surface area contributed by atoms with E-state index in [1.807, 2.05) is 18.2 Å². The number of aryl methyl sites for hydroxylation is 1. The van der Waals surface area contributed by atoms with Crippen molar-refractivity contribution in [2.45, 2.75) is 97.3 Å². The molecule has 30 heavy (non-hydrogen) atoms. The molecule has 0 fully saturated rings. The molecule has 0 aromatic heterocycles. The zero-order chi connectivity index (χ0) is 22.4. The third kappa shape index (κ3) is 6.45. The number of unbranched alkanes of at least 4 members (excludes halogenated alkanes) is 3. The summed E-state index contributed by atoms with van der Waals surface area (Å²) >= 11 is 0. The second kappa shape index (κ2) is 10.3. The van der Waals surface area contributed by atoms with Gasteiger partial charge < -0.3 is 5.11 Å². The Kier molecular flexibility index (Phi) is 8.29. The summed E-state index contributed by atoms with van der Waals surface area (Å²) in [6, 6.07) is 4.91. The molecule has 2 nitrogen and oxygen atoms in total. The minimum Gasteiger partial charge on any atom is -0.478 e. The third-order valence-corrected chi connectivity index (χ3v) is 6.51. The number of benzene rings is 1. The molecule has 2 rings (SSSR count). The monoisotopic (exact) mass is 408 g/mol. The minimum absolute atomic E-state index is 0.199.